The van der Waals surface area contributed by atoms with Crippen molar-refractivity contribution in [2.45, 2.75) is 0 Å². The van der Waals surface area contributed by atoms with Crippen LogP contribution in [0.5, 0.6) is 5.75 Å². The maximum absolute atomic E-state index is 11.5. The minimum atomic E-state index is -0.408. The molecule has 2 rings (SSSR count). The molecule has 108 valence electrons. The SMILES string of the molecule is COC(=O)/C=C(/Nc1ccc(OC)cc1)c1ccccc1. The van der Waals surface area contributed by atoms with Crippen LogP contribution in [-0.4, -0.2) is 20.2 Å². The van der Waals surface area contributed by atoms with Crippen molar-refractivity contribution in [2.75, 3.05) is 19.5 Å². The molecular formula is C17H17NO3. The van der Waals surface area contributed by atoms with Crippen molar-refractivity contribution in [1.29, 1.82) is 0 Å². The first-order valence-corrected chi connectivity index (χ1v) is 6.49. The molecule has 0 saturated heterocycles. The van der Waals surface area contributed by atoms with E-state index in [9.17, 15) is 4.79 Å². The highest BCUT2D eigenvalue weighted by Crippen LogP contribution is 2.21. The monoisotopic (exact) mass is 283 g/mol. The molecule has 0 unspecified atom stereocenters. The highest BCUT2D eigenvalue weighted by atomic mass is 16.5. The van der Waals surface area contributed by atoms with Gasteiger partial charge < -0.3 is 14.8 Å². The molecule has 4 nitrogen and oxygen atoms in total. The fourth-order valence-electron chi connectivity index (χ4n) is 1.82. The number of ether oxygens (including phenoxy) is 2. The van der Waals surface area contributed by atoms with Crippen LogP contribution in [0.2, 0.25) is 0 Å². The molecule has 0 aliphatic rings. The molecule has 21 heavy (non-hydrogen) atoms. The van der Waals surface area contributed by atoms with Crippen molar-refractivity contribution in [1.82, 2.24) is 0 Å². The van der Waals surface area contributed by atoms with E-state index in [1.807, 2.05) is 54.6 Å². The first-order chi connectivity index (χ1) is 10.2. The number of rotatable bonds is 5. The second-order valence-corrected chi connectivity index (χ2v) is 4.30. The van der Waals surface area contributed by atoms with Crippen molar-refractivity contribution in [2.24, 2.45) is 0 Å². The van der Waals surface area contributed by atoms with Crippen molar-refractivity contribution in [3.8, 4) is 5.75 Å². The van der Waals surface area contributed by atoms with Gasteiger partial charge in [0.25, 0.3) is 0 Å². The number of carbonyl (C=O) groups is 1. The summed E-state index contributed by atoms with van der Waals surface area (Å²) in [6, 6.07) is 17.1. The lowest BCUT2D eigenvalue weighted by Gasteiger charge is -2.11. The van der Waals surface area contributed by atoms with Crippen LogP contribution in [0, 0.1) is 0 Å². The first-order valence-electron chi connectivity index (χ1n) is 6.49. The quantitative estimate of drug-likeness (QED) is 0.675. The molecule has 2 aromatic rings. The van der Waals surface area contributed by atoms with Gasteiger partial charge >= 0.3 is 5.97 Å². The van der Waals surface area contributed by atoms with Crippen LogP contribution in [-0.2, 0) is 9.53 Å². The number of methoxy groups -OCH3 is 2. The highest BCUT2D eigenvalue weighted by molar-refractivity contribution is 5.94. The summed E-state index contributed by atoms with van der Waals surface area (Å²) in [5.41, 5.74) is 2.43. The molecule has 0 radical (unpaired) electrons. The third kappa shape index (κ3) is 4.11. The van der Waals surface area contributed by atoms with Gasteiger partial charge in [0.2, 0.25) is 0 Å². The molecule has 0 aromatic heterocycles. The summed E-state index contributed by atoms with van der Waals surface area (Å²) in [7, 11) is 2.98. The molecule has 0 bridgehead atoms. The molecule has 0 spiro atoms. The van der Waals surface area contributed by atoms with E-state index in [0.717, 1.165) is 17.0 Å². The van der Waals surface area contributed by atoms with Crippen LogP contribution in [0.15, 0.2) is 60.7 Å². The zero-order chi connectivity index (χ0) is 15.1. The van der Waals surface area contributed by atoms with E-state index in [0.29, 0.717) is 5.70 Å². The number of benzene rings is 2. The average Bonchev–Trinajstić information content (AvgIpc) is 2.55. The average molecular weight is 283 g/mol. The zero-order valence-electron chi connectivity index (χ0n) is 12.0. The van der Waals surface area contributed by atoms with Gasteiger partial charge in [-0.1, -0.05) is 30.3 Å². The lowest BCUT2D eigenvalue weighted by atomic mass is 10.1. The molecule has 0 aliphatic heterocycles. The molecule has 4 heteroatoms. The summed E-state index contributed by atoms with van der Waals surface area (Å²) in [6.45, 7) is 0. The van der Waals surface area contributed by atoms with Crippen LogP contribution >= 0.6 is 0 Å². The Morgan fingerprint density at radius 3 is 2.24 bits per heavy atom. The smallest absolute Gasteiger partial charge is 0.332 e. The van der Waals surface area contributed by atoms with Gasteiger partial charge in [0.05, 0.1) is 19.9 Å². The Morgan fingerprint density at radius 2 is 1.67 bits per heavy atom. The third-order valence-corrected chi connectivity index (χ3v) is 2.92. The second-order valence-electron chi connectivity index (χ2n) is 4.30. The van der Waals surface area contributed by atoms with Crippen molar-refractivity contribution in [3.63, 3.8) is 0 Å². The lowest BCUT2D eigenvalue weighted by Crippen LogP contribution is -2.04. The molecular weight excluding hydrogens is 266 g/mol. The van der Waals surface area contributed by atoms with Crippen LogP contribution in [0.1, 0.15) is 5.56 Å². The fourth-order valence-corrected chi connectivity index (χ4v) is 1.82. The number of hydrogen-bond acceptors (Lipinski definition) is 4. The van der Waals surface area contributed by atoms with Crippen molar-refractivity contribution < 1.29 is 14.3 Å². The predicted octanol–water partition coefficient (Wildman–Crippen LogP) is 3.32. The minimum absolute atomic E-state index is 0.408. The van der Waals surface area contributed by atoms with E-state index < -0.39 is 5.97 Å². The van der Waals surface area contributed by atoms with E-state index in [2.05, 4.69) is 5.32 Å². The van der Waals surface area contributed by atoms with E-state index in [-0.39, 0.29) is 0 Å². The molecule has 0 amide bonds. The number of nitrogens with one attached hydrogen (secondary N) is 1. The Hall–Kier alpha value is -2.75. The lowest BCUT2D eigenvalue weighted by molar-refractivity contribution is -0.134. The summed E-state index contributed by atoms with van der Waals surface area (Å²) < 4.78 is 9.83. The first kappa shape index (κ1) is 14.7. The third-order valence-electron chi connectivity index (χ3n) is 2.92. The normalized spacial score (nSPS) is 10.9. The van der Waals surface area contributed by atoms with Crippen molar-refractivity contribution in [3.05, 3.63) is 66.2 Å². The highest BCUT2D eigenvalue weighted by Gasteiger charge is 2.05. The summed E-state index contributed by atoms with van der Waals surface area (Å²) >= 11 is 0. The van der Waals surface area contributed by atoms with Crippen LogP contribution in [0.3, 0.4) is 0 Å². The Bertz CT molecular complexity index is 618. The number of esters is 1. The van der Waals surface area contributed by atoms with Gasteiger partial charge in [0, 0.05) is 11.8 Å². The Morgan fingerprint density at radius 1 is 1.00 bits per heavy atom. The van der Waals surface area contributed by atoms with Gasteiger partial charge in [-0.3, -0.25) is 0 Å². The summed E-state index contributed by atoms with van der Waals surface area (Å²) in [5, 5.41) is 3.22. The van der Waals surface area contributed by atoms with Gasteiger partial charge in [-0.25, -0.2) is 4.79 Å². The maximum atomic E-state index is 11.5. The minimum Gasteiger partial charge on any atom is -0.497 e. The predicted molar refractivity (Wildman–Crippen MR) is 83.1 cm³/mol. The van der Waals surface area contributed by atoms with Gasteiger partial charge in [-0.2, -0.15) is 0 Å². The van der Waals surface area contributed by atoms with Gasteiger partial charge in [-0.15, -0.1) is 0 Å². The summed E-state index contributed by atoms with van der Waals surface area (Å²) in [6.07, 6.45) is 1.43. The maximum Gasteiger partial charge on any atom is 0.332 e. The van der Waals surface area contributed by atoms with Gasteiger partial charge in [-0.05, 0) is 29.8 Å². The number of hydrogen-bond donors (Lipinski definition) is 1. The summed E-state index contributed by atoms with van der Waals surface area (Å²) in [4.78, 5) is 11.5. The summed E-state index contributed by atoms with van der Waals surface area (Å²) in [5.74, 6) is 0.369. The van der Waals surface area contributed by atoms with E-state index in [1.165, 1.54) is 13.2 Å². The van der Waals surface area contributed by atoms with E-state index in [4.69, 9.17) is 9.47 Å². The second kappa shape index (κ2) is 7.14. The van der Waals surface area contributed by atoms with Crippen LogP contribution < -0.4 is 10.1 Å². The molecule has 0 atom stereocenters. The molecule has 0 heterocycles. The molecule has 2 aromatic carbocycles. The van der Waals surface area contributed by atoms with Crippen molar-refractivity contribution >= 4 is 17.4 Å². The largest absolute Gasteiger partial charge is 0.497 e. The fraction of sp³-hybridized carbons (Fsp3) is 0.118. The van der Waals surface area contributed by atoms with E-state index >= 15 is 0 Å². The Balaban J connectivity index is 2.27. The standard InChI is InChI=1S/C17H17NO3/c1-20-15-10-8-14(9-11-15)18-16(12-17(19)21-2)13-6-4-3-5-7-13/h3-12,18H,1-2H3/b16-12+. The Kier molecular flexibility index (Phi) is 4.99. The topological polar surface area (TPSA) is 47.6 Å². The zero-order valence-corrected chi connectivity index (χ0v) is 12.0. The molecule has 0 aliphatic carbocycles. The van der Waals surface area contributed by atoms with Crippen LogP contribution in [0.25, 0.3) is 5.70 Å². The molecule has 1 N–H and O–H groups in total. The molecule has 0 fully saturated rings. The van der Waals surface area contributed by atoms with Gasteiger partial charge in [0.15, 0.2) is 0 Å². The Labute approximate surface area is 124 Å². The number of anilines is 1. The number of carbonyl (C=O) groups excluding carboxylic acids is 1. The van der Waals surface area contributed by atoms with E-state index in [1.54, 1.807) is 7.11 Å². The van der Waals surface area contributed by atoms with Crippen LogP contribution in [0.4, 0.5) is 5.69 Å². The molecule has 0 saturated carbocycles. The van der Waals surface area contributed by atoms with Gasteiger partial charge in [0.1, 0.15) is 5.75 Å².